The van der Waals surface area contributed by atoms with E-state index in [0.29, 0.717) is 6.42 Å². The van der Waals surface area contributed by atoms with Crippen LogP contribution in [0.15, 0.2) is 16.6 Å². The van der Waals surface area contributed by atoms with Crippen molar-refractivity contribution in [3.05, 3.63) is 33.8 Å². The Hall–Kier alpha value is -0.680. The number of carbonyl (C=O) groups excluding carboxylic acids is 1. The smallest absolute Gasteiger partial charge is 0.257 e. The van der Waals surface area contributed by atoms with Gasteiger partial charge in [0.2, 0.25) is 0 Å². The number of hydrogen-bond acceptors (Lipinski definition) is 1. The number of nitrogens with one attached hydrogen (secondary N) is 1. The monoisotopic (exact) mass is 367 g/mol. The van der Waals surface area contributed by atoms with E-state index in [0.717, 1.165) is 12.1 Å². The third-order valence-electron chi connectivity index (χ3n) is 2.55. The summed E-state index contributed by atoms with van der Waals surface area (Å²) in [6.07, 6.45) is 0.681. The van der Waals surface area contributed by atoms with E-state index in [2.05, 4.69) is 21.2 Å². The molecule has 1 aromatic rings. The average Bonchev–Trinajstić information content (AvgIpc) is 2.22. The molecule has 1 unspecified atom stereocenters. The maximum Gasteiger partial charge on any atom is 0.257 e. The van der Waals surface area contributed by atoms with Gasteiger partial charge in [0.25, 0.3) is 5.91 Å². The second-order valence-electron chi connectivity index (χ2n) is 5.82. The Morgan fingerprint density at radius 3 is 2.30 bits per heavy atom. The van der Waals surface area contributed by atoms with E-state index in [-0.39, 0.29) is 21.8 Å². The summed E-state index contributed by atoms with van der Waals surface area (Å²) in [5.74, 6) is -2.61. The lowest BCUT2D eigenvalue weighted by Crippen LogP contribution is -2.32. The summed E-state index contributed by atoms with van der Waals surface area (Å²) in [4.78, 5) is 11.8. The minimum atomic E-state index is -0.906. The lowest BCUT2D eigenvalue weighted by molar-refractivity contribution is 0.0943. The Morgan fingerprint density at radius 2 is 1.85 bits per heavy atom. The van der Waals surface area contributed by atoms with E-state index in [1.54, 1.807) is 0 Å². The van der Waals surface area contributed by atoms with E-state index in [1.807, 2.05) is 20.8 Å². The van der Waals surface area contributed by atoms with Crippen LogP contribution in [0.3, 0.4) is 0 Å². The number of hydrogen-bond donors (Lipinski definition) is 1. The van der Waals surface area contributed by atoms with Crippen LogP contribution in [0.4, 0.5) is 8.78 Å². The summed E-state index contributed by atoms with van der Waals surface area (Å²) in [5, 5.41) is 2.17. The van der Waals surface area contributed by atoms with Gasteiger partial charge in [-0.3, -0.25) is 4.79 Å². The molecule has 0 bridgehead atoms. The maximum absolute atomic E-state index is 13.6. The standard InChI is InChI=1S/C14H17BrClF2NO/c1-14(2,3)6-9(16)7-19-13(20)12-10(17)4-8(15)5-11(12)18/h4-5,9H,6-7H2,1-3H3,(H,19,20). The fraction of sp³-hybridized carbons (Fsp3) is 0.500. The zero-order valence-electron chi connectivity index (χ0n) is 11.6. The van der Waals surface area contributed by atoms with Crippen molar-refractivity contribution < 1.29 is 13.6 Å². The molecule has 112 valence electrons. The third-order valence-corrected chi connectivity index (χ3v) is 3.32. The van der Waals surface area contributed by atoms with E-state index in [4.69, 9.17) is 11.6 Å². The second kappa shape index (κ2) is 6.85. The highest BCUT2D eigenvalue weighted by Crippen LogP contribution is 2.23. The molecule has 0 heterocycles. The van der Waals surface area contributed by atoms with Crippen LogP contribution >= 0.6 is 27.5 Å². The van der Waals surface area contributed by atoms with E-state index in [9.17, 15) is 13.6 Å². The summed E-state index contributed by atoms with van der Waals surface area (Å²) in [5.41, 5.74) is -0.571. The fourth-order valence-corrected chi connectivity index (χ4v) is 2.73. The summed E-state index contributed by atoms with van der Waals surface area (Å²) < 4.78 is 27.4. The molecule has 20 heavy (non-hydrogen) atoms. The van der Waals surface area contributed by atoms with Crippen LogP contribution in [-0.2, 0) is 0 Å². The molecule has 1 rings (SSSR count). The second-order valence-corrected chi connectivity index (χ2v) is 7.35. The van der Waals surface area contributed by atoms with Crippen molar-refractivity contribution in [2.75, 3.05) is 6.54 Å². The lowest BCUT2D eigenvalue weighted by atomic mass is 9.90. The molecular weight excluding hydrogens is 352 g/mol. The minimum absolute atomic E-state index is 0.0191. The molecular formula is C14H17BrClF2NO. The van der Waals surface area contributed by atoms with Crippen LogP contribution < -0.4 is 5.32 Å². The first kappa shape index (κ1) is 17.4. The minimum Gasteiger partial charge on any atom is -0.350 e. The van der Waals surface area contributed by atoms with Gasteiger partial charge in [0.1, 0.15) is 17.2 Å². The van der Waals surface area contributed by atoms with Crippen LogP contribution in [0.1, 0.15) is 37.6 Å². The van der Waals surface area contributed by atoms with Crippen molar-refractivity contribution >= 4 is 33.4 Å². The molecule has 6 heteroatoms. The van der Waals surface area contributed by atoms with Crippen LogP contribution in [0.5, 0.6) is 0 Å². The van der Waals surface area contributed by atoms with Gasteiger partial charge in [0.05, 0.1) is 5.38 Å². The van der Waals surface area contributed by atoms with Gasteiger partial charge in [-0.05, 0) is 24.0 Å². The number of rotatable bonds is 4. The highest BCUT2D eigenvalue weighted by atomic mass is 79.9. The zero-order chi connectivity index (χ0) is 15.5. The Bertz CT molecular complexity index is 479. The number of carbonyl (C=O) groups is 1. The molecule has 0 aromatic heterocycles. The Balaban J connectivity index is 2.69. The maximum atomic E-state index is 13.6. The third kappa shape index (κ3) is 5.37. The quantitative estimate of drug-likeness (QED) is 0.779. The van der Waals surface area contributed by atoms with E-state index >= 15 is 0 Å². The van der Waals surface area contributed by atoms with Crippen molar-refractivity contribution in [2.45, 2.75) is 32.6 Å². The predicted octanol–water partition coefficient (Wildman–Crippen LogP) is 4.50. The first-order valence-electron chi connectivity index (χ1n) is 6.17. The molecule has 0 fully saturated rings. The van der Waals surface area contributed by atoms with E-state index < -0.39 is 23.1 Å². The Kier molecular flexibility index (Phi) is 5.95. The van der Waals surface area contributed by atoms with Crippen molar-refractivity contribution in [3.63, 3.8) is 0 Å². The zero-order valence-corrected chi connectivity index (χ0v) is 13.9. The Labute approximate surface area is 131 Å². The summed E-state index contributed by atoms with van der Waals surface area (Å²) in [6, 6.07) is 2.09. The molecule has 1 N–H and O–H groups in total. The number of benzene rings is 1. The van der Waals surface area contributed by atoms with Gasteiger partial charge in [-0.15, -0.1) is 11.6 Å². The lowest BCUT2D eigenvalue weighted by Gasteiger charge is -2.22. The van der Waals surface area contributed by atoms with Crippen molar-refractivity contribution in [3.8, 4) is 0 Å². The molecule has 2 nitrogen and oxygen atoms in total. The number of alkyl halides is 1. The first-order chi connectivity index (χ1) is 9.10. The molecule has 1 atom stereocenters. The topological polar surface area (TPSA) is 29.1 Å². The number of amides is 1. The molecule has 0 aliphatic rings. The molecule has 0 saturated carbocycles. The fourth-order valence-electron chi connectivity index (χ4n) is 1.79. The predicted molar refractivity (Wildman–Crippen MR) is 80.1 cm³/mol. The highest BCUT2D eigenvalue weighted by Gasteiger charge is 2.21. The van der Waals surface area contributed by atoms with Gasteiger partial charge in [-0.1, -0.05) is 36.7 Å². The number of halogens is 4. The van der Waals surface area contributed by atoms with Crippen LogP contribution in [0, 0.1) is 17.0 Å². The van der Waals surface area contributed by atoms with Crippen molar-refractivity contribution in [1.29, 1.82) is 0 Å². The Morgan fingerprint density at radius 1 is 1.35 bits per heavy atom. The van der Waals surface area contributed by atoms with Crippen LogP contribution in [-0.4, -0.2) is 17.8 Å². The molecule has 0 aliphatic heterocycles. The SMILES string of the molecule is CC(C)(C)CC(Cl)CNC(=O)c1c(F)cc(Br)cc1F. The molecule has 0 spiro atoms. The van der Waals surface area contributed by atoms with Gasteiger partial charge in [0.15, 0.2) is 0 Å². The average molecular weight is 369 g/mol. The largest absolute Gasteiger partial charge is 0.350 e. The van der Waals surface area contributed by atoms with Gasteiger partial charge in [-0.2, -0.15) is 0 Å². The van der Waals surface area contributed by atoms with Crippen LogP contribution in [0.25, 0.3) is 0 Å². The van der Waals surface area contributed by atoms with E-state index in [1.165, 1.54) is 0 Å². The summed E-state index contributed by atoms with van der Waals surface area (Å²) in [6.45, 7) is 6.24. The highest BCUT2D eigenvalue weighted by molar-refractivity contribution is 9.10. The molecule has 1 aromatic carbocycles. The molecule has 0 saturated heterocycles. The molecule has 0 aliphatic carbocycles. The molecule has 1 amide bonds. The van der Waals surface area contributed by atoms with Gasteiger partial charge >= 0.3 is 0 Å². The van der Waals surface area contributed by atoms with Gasteiger partial charge < -0.3 is 5.32 Å². The van der Waals surface area contributed by atoms with Crippen molar-refractivity contribution in [1.82, 2.24) is 5.32 Å². The normalized spacial score (nSPS) is 13.2. The molecule has 0 radical (unpaired) electrons. The van der Waals surface area contributed by atoms with Gasteiger partial charge in [-0.25, -0.2) is 8.78 Å². The summed E-state index contributed by atoms with van der Waals surface area (Å²) in [7, 11) is 0. The van der Waals surface area contributed by atoms with Crippen molar-refractivity contribution in [2.24, 2.45) is 5.41 Å². The van der Waals surface area contributed by atoms with Crippen LogP contribution in [0.2, 0.25) is 0 Å². The summed E-state index contributed by atoms with van der Waals surface area (Å²) >= 11 is 9.05. The first-order valence-corrected chi connectivity index (χ1v) is 7.40. The van der Waals surface area contributed by atoms with Gasteiger partial charge in [0, 0.05) is 11.0 Å².